The summed E-state index contributed by atoms with van der Waals surface area (Å²) in [5.41, 5.74) is 0. The molecule has 12 heavy (non-hydrogen) atoms. The van der Waals surface area contributed by atoms with Gasteiger partial charge in [-0.3, -0.25) is 4.68 Å². The van der Waals surface area contributed by atoms with Gasteiger partial charge in [0.1, 0.15) is 5.82 Å². The van der Waals surface area contributed by atoms with Crippen molar-refractivity contribution in [2.24, 2.45) is 7.05 Å². The average molecular weight is 169 g/mol. The number of aryl methyl sites for hydroxylation is 1. The number of hydrogen-bond donors (Lipinski definition) is 2. The Labute approximate surface area is 72.2 Å². The fourth-order valence-electron chi connectivity index (χ4n) is 0.846. The van der Waals surface area contributed by atoms with Crippen LogP contribution in [0.25, 0.3) is 0 Å². The number of aromatic nitrogens is 2. The molecule has 0 aromatic carbocycles. The summed E-state index contributed by atoms with van der Waals surface area (Å²) in [4.78, 5) is 0. The average Bonchev–Trinajstić information content (AvgIpc) is 2.35. The molecule has 0 saturated carbocycles. The molecular formula is C8H15N3O. The van der Waals surface area contributed by atoms with Crippen molar-refractivity contribution in [3.05, 3.63) is 12.3 Å². The molecule has 2 atom stereocenters. The van der Waals surface area contributed by atoms with Crippen molar-refractivity contribution in [2.45, 2.75) is 26.0 Å². The van der Waals surface area contributed by atoms with Crippen LogP contribution in [0.1, 0.15) is 13.8 Å². The molecule has 0 aliphatic carbocycles. The van der Waals surface area contributed by atoms with E-state index in [0.29, 0.717) is 0 Å². The Balaban J connectivity index is 2.52. The van der Waals surface area contributed by atoms with E-state index in [1.165, 1.54) is 0 Å². The fourth-order valence-corrected chi connectivity index (χ4v) is 0.846. The quantitative estimate of drug-likeness (QED) is 0.696. The van der Waals surface area contributed by atoms with E-state index in [4.69, 9.17) is 0 Å². The van der Waals surface area contributed by atoms with Crippen molar-refractivity contribution < 1.29 is 5.11 Å². The van der Waals surface area contributed by atoms with Crippen LogP contribution in [0.3, 0.4) is 0 Å². The first-order valence-corrected chi connectivity index (χ1v) is 4.04. The van der Waals surface area contributed by atoms with E-state index >= 15 is 0 Å². The highest BCUT2D eigenvalue weighted by atomic mass is 16.3. The first kappa shape index (κ1) is 9.06. The number of rotatable bonds is 3. The van der Waals surface area contributed by atoms with Gasteiger partial charge in [-0.05, 0) is 13.8 Å². The van der Waals surface area contributed by atoms with Gasteiger partial charge in [-0.1, -0.05) is 0 Å². The predicted molar refractivity (Wildman–Crippen MR) is 48.0 cm³/mol. The summed E-state index contributed by atoms with van der Waals surface area (Å²) in [7, 11) is 1.86. The maximum absolute atomic E-state index is 9.19. The molecule has 1 aromatic rings. The van der Waals surface area contributed by atoms with Crippen molar-refractivity contribution in [1.82, 2.24) is 9.78 Å². The third-order valence-corrected chi connectivity index (χ3v) is 1.81. The summed E-state index contributed by atoms with van der Waals surface area (Å²) in [5.74, 6) is 0.797. The molecule has 0 radical (unpaired) electrons. The number of nitrogens with one attached hydrogen (secondary N) is 1. The fraction of sp³-hybridized carbons (Fsp3) is 0.625. The minimum absolute atomic E-state index is 0.0277. The second kappa shape index (κ2) is 3.58. The van der Waals surface area contributed by atoms with Crippen molar-refractivity contribution in [3.8, 4) is 0 Å². The number of aliphatic hydroxyl groups is 1. The third-order valence-electron chi connectivity index (χ3n) is 1.81. The molecule has 0 saturated heterocycles. The minimum atomic E-state index is -0.369. The van der Waals surface area contributed by atoms with Crippen LogP contribution in [0.15, 0.2) is 12.3 Å². The Morgan fingerprint density at radius 2 is 2.25 bits per heavy atom. The summed E-state index contributed by atoms with van der Waals surface area (Å²) in [6.07, 6.45) is 1.49. The van der Waals surface area contributed by atoms with Gasteiger partial charge in [0, 0.05) is 19.3 Å². The van der Waals surface area contributed by atoms with Gasteiger partial charge in [0.2, 0.25) is 0 Å². The smallest absolute Gasteiger partial charge is 0.148 e. The lowest BCUT2D eigenvalue weighted by atomic mass is 10.2. The van der Waals surface area contributed by atoms with Gasteiger partial charge in [0.25, 0.3) is 0 Å². The number of anilines is 1. The molecule has 68 valence electrons. The van der Waals surface area contributed by atoms with E-state index < -0.39 is 0 Å². The Kier molecular flexibility index (Phi) is 2.70. The maximum Gasteiger partial charge on any atom is 0.148 e. The van der Waals surface area contributed by atoms with Crippen molar-refractivity contribution in [3.63, 3.8) is 0 Å². The molecular weight excluding hydrogens is 154 g/mol. The molecule has 0 bridgehead atoms. The highest BCUT2D eigenvalue weighted by Crippen LogP contribution is 2.05. The second-order valence-corrected chi connectivity index (χ2v) is 3.05. The van der Waals surface area contributed by atoms with E-state index in [1.54, 1.807) is 11.6 Å². The zero-order valence-electron chi connectivity index (χ0n) is 7.65. The van der Waals surface area contributed by atoms with E-state index in [1.807, 2.05) is 26.2 Å². The monoisotopic (exact) mass is 169 g/mol. The van der Waals surface area contributed by atoms with Gasteiger partial charge < -0.3 is 10.4 Å². The van der Waals surface area contributed by atoms with Gasteiger partial charge in [0.05, 0.1) is 12.1 Å². The lowest BCUT2D eigenvalue weighted by Crippen LogP contribution is -2.28. The Bertz CT molecular complexity index is 244. The van der Waals surface area contributed by atoms with Crippen LogP contribution in [0, 0.1) is 0 Å². The van der Waals surface area contributed by atoms with Crippen LogP contribution in [-0.4, -0.2) is 27.0 Å². The molecule has 4 heteroatoms. The molecule has 0 fully saturated rings. The standard InChI is InChI=1S/C8H15N3O/c1-6(7(2)12)9-8-4-5-11(3)10-8/h4-7,12H,1-3H3,(H,9,10). The van der Waals surface area contributed by atoms with Gasteiger partial charge in [0.15, 0.2) is 0 Å². The predicted octanol–water partition coefficient (Wildman–Crippen LogP) is 0.601. The highest BCUT2D eigenvalue weighted by molar-refractivity contribution is 5.33. The lowest BCUT2D eigenvalue weighted by molar-refractivity contribution is 0.177. The highest BCUT2D eigenvalue weighted by Gasteiger charge is 2.08. The Morgan fingerprint density at radius 3 is 2.67 bits per heavy atom. The molecule has 4 nitrogen and oxygen atoms in total. The molecule has 0 aliphatic heterocycles. The third kappa shape index (κ3) is 2.23. The van der Waals surface area contributed by atoms with Crippen molar-refractivity contribution in [2.75, 3.05) is 5.32 Å². The van der Waals surface area contributed by atoms with E-state index in [-0.39, 0.29) is 12.1 Å². The molecule has 1 heterocycles. The summed E-state index contributed by atoms with van der Waals surface area (Å²) < 4.78 is 1.72. The SMILES string of the molecule is CC(O)C(C)Nc1ccn(C)n1. The molecule has 1 rings (SSSR count). The van der Waals surface area contributed by atoms with Gasteiger partial charge in [-0.15, -0.1) is 0 Å². The first-order valence-electron chi connectivity index (χ1n) is 4.04. The normalized spacial score (nSPS) is 15.7. The van der Waals surface area contributed by atoms with E-state index in [2.05, 4.69) is 10.4 Å². The first-order chi connectivity index (χ1) is 5.59. The van der Waals surface area contributed by atoms with Crippen molar-refractivity contribution in [1.29, 1.82) is 0 Å². The zero-order chi connectivity index (χ0) is 9.14. The molecule has 1 aromatic heterocycles. The lowest BCUT2D eigenvalue weighted by Gasteiger charge is -2.15. The van der Waals surface area contributed by atoms with Crippen LogP contribution < -0.4 is 5.32 Å². The number of aliphatic hydroxyl groups excluding tert-OH is 1. The summed E-state index contributed by atoms with van der Waals surface area (Å²) in [5, 5.41) is 16.4. The van der Waals surface area contributed by atoms with Crippen LogP contribution in [0.2, 0.25) is 0 Å². The van der Waals surface area contributed by atoms with Gasteiger partial charge in [-0.2, -0.15) is 5.10 Å². The van der Waals surface area contributed by atoms with E-state index in [9.17, 15) is 5.11 Å². The molecule has 0 spiro atoms. The molecule has 0 aliphatic rings. The molecule has 2 unspecified atom stereocenters. The Morgan fingerprint density at radius 1 is 1.58 bits per heavy atom. The minimum Gasteiger partial charge on any atom is -0.391 e. The van der Waals surface area contributed by atoms with Gasteiger partial charge in [-0.25, -0.2) is 0 Å². The topological polar surface area (TPSA) is 50.1 Å². The van der Waals surface area contributed by atoms with Crippen LogP contribution in [-0.2, 0) is 7.05 Å². The number of hydrogen-bond acceptors (Lipinski definition) is 3. The molecule has 0 amide bonds. The summed E-state index contributed by atoms with van der Waals surface area (Å²) >= 11 is 0. The van der Waals surface area contributed by atoms with Gasteiger partial charge >= 0.3 is 0 Å². The van der Waals surface area contributed by atoms with Crippen molar-refractivity contribution >= 4 is 5.82 Å². The molecule has 2 N–H and O–H groups in total. The summed E-state index contributed by atoms with van der Waals surface area (Å²) in [6.45, 7) is 3.67. The Hall–Kier alpha value is -1.03. The number of nitrogens with zero attached hydrogens (tertiary/aromatic N) is 2. The van der Waals surface area contributed by atoms with Crippen LogP contribution in [0.4, 0.5) is 5.82 Å². The second-order valence-electron chi connectivity index (χ2n) is 3.05. The van der Waals surface area contributed by atoms with E-state index in [0.717, 1.165) is 5.82 Å². The van der Waals surface area contributed by atoms with Crippen LogP contribution >= 0.6 is 0 Å². The zero-order valence-corrected chi connectivity index (χ0v) is 7.65. The summed E-state index contributed by atoms with van der Waals surface area (Å²) in [6, 6.07) is 1.90. The van der Waals surface area contributed by atoms with Crippen LogP contribution in [0.5, 0.6) is 0 Å². The largest absolute Gasteiger partial charge is 0.391 e. The maximum atomic E-state index is 9.19.